The lowest BCUT2D eigenvalue weighted by atomic mass is 10.1. The second-order valence-electron chi connectivity index (χ2n) is 7.28. The molecule has 1 aromatic heterocycles. The van der Waals surface area contributed by atoms with Gasteiger partial charge in [-0.05, 0) is 36.8 Å². The lowest BCUT2D eigenvalue weighted by Gasteiger charge is -2.36. The Balaban J connectivity index is 1.21. The number of halogens is 3. The quantitative estimate of drug-likeness (QED) is 0.563. The highest BCUT2D eigenvalue weighted by atomic mass is 19.4. The fraction of sp³-hybridized carbons (Fsp3) is 0.364. The van der Waals surface area contributed by atoms with Gasteiger partial charge in [0.15, 0.2) is 0 Å². The minimum Gasteiger partial charge on any atom is -0.477 e. The van der Waals surface area contributed by atoms with E-state index in [1.165, 1.54) is 12.1 Å². The van der Waals surface area contributed by atoms with Gasteiger partial charge in [-0.1, -0.05) is 18.2 Å². The summed E-state index contributed by atoms with van der Waals surface area (Å²) < 4.78 is 44.5. The van der Waals surface area contributed by atoms with Crippen molar-refractivity contribution in [2.24, 2.45) is 0 Å². The maximum absolute atomic E-state index is 12.9. The van der Waals surface area contributed by atoms with Crippen molar-refractivity contribution >= 4 is 16.7 Å². The van der Waals surface area contributed by atoms with Crippen molar-refractivity contribution in [3.05, 3.63) is 60.3 Å². The molecule has 0 unspecified atom stereocenters. The first-order chi connectivity index (χ1) is 14.5. The van der Waals surface area contributed by atoms with Crippen LogP contribution in [-0.2, 0) is 6.18 Å². The number of aromatic nitrogens is 2. The number of hydrogen-bond acceptors (Lipinski definition) is 5. The van der Waals surface area contributed by atoms with Gasteiger partial charge in [-0.2, -0.15) is 13.2 Å². The highest BCUT2D eigenvalue weighted by molar-refractivity contribution is 5.73. The number of piperazine rings is 1. The molecule has 0 bridgehead atoms. The van der Waals surface area contributed by atoms with Crippen LogP contribution in [0.4, 0.5) is 18.9 Å². The molecular weight excluding hydrogens is 393 g/mol. The number of nitrogens with zero attached hydrogens (tertiary/aromatic N) is 4. The third-order valence-electron chi connectivity index (χ3n) is 5.21. The summed E-state index contributed by atoms with van der Waals surface area (Å²) in [6.45, 7) is 4.45. The van der Waals surface area contributed by atoms with Gasteiger partial charge in [-0.15, -0.1) is 0 Å². The molecule has 1 aliphatic heterocycles. The van der Waals surface area contributed by atoms with Crippen LogP contribution < -0.4 is 9.64 Å². The van der Waals surface area contributed by atoms with Crippen molar-refractivity contribution in [1.29, 1.82) is 0 Å². The second kappa shape index (κ2) is 8.87. The van der Waals surface area contributed by atoms with Crippen molar-refractivity contribution in [3.63, 3.8) is 0 Å². The Kier molecular flexibility index (Phi) is 6.03. The first-order valence-electron chi connectivity index (χ1n) is 9.98. The first kappa shape index (κ1) is 20.4. The Bertz CT molecular complexity index is 987. The summed E-state index contributed by atoms with van der Waals surface area (Å²) in [6.07, 6.45) is -1.83. The second-order valence-corrected chi connectivity index (χ2v) is 7.28. The van der Waals surface area contributed by atoms with E-state index in [1.807, 2.05) is 29.2 Å². The topological polar surface area (TPSA) is 41.5 Å². The first-order valence-corrected chi connectivity index (χ1v) is 9.98. The smallest absolute Gasteiger partial charge is 0.416 e. The average molecular weight is 416 g/mol. The molecule has 2 aromatic carbocycles. The molecule has 0 aliphatic carbocycles. The Morgan fingerprint density at radius 2 is 1.70 bits per heavy atom. The van der Waals surface area contributed by atoms with Gasteiger partial charge in [0.2, 0.25) is 5.88 Å². The van der Waals surface area contributed by atoms with Crippen LogP contribution in [0.2, 0.25) is 0 Å². The Morgan fingerprint density at radius 3 is 2.47 bits per heavy atom. The lowest BCUT2D eigenvalue weighted by Crippen LogP contribution is -2.46. The van der Waals surface area contributed by atoms with Crippen LogP contribution in [0.5, 0.6) is 5.88 Å². The molecule has 30 heavy (non-hydrogen) atoms. The molecule has 0 spiro atoms. The summed E-state index contributed by atoms with van der Waals surface area (Å²) in [7, 11) is 0. The van der Waals surface area contributed by atoms with Gasteiger partial charge in [0.05, 0.1) is 29.4 Å². The molecule has 0 saturated carbocycles. The van der Waals surface area contributed by atoms with E-state index in [0.29, 0.717) is 31.3 Å². The summed E-state index contributed by atoms with van der Waals surface area (Å²) >= 11 is 0. The number of hydrogen-bond donors (Lipinski definition) is 0. The summed E-state index contributed by atoms with van der Waals surface area (Å²) in [5.41, 5.74) is 1.67. The van der Waals surface area contributed by atoms with Crippen molar-refractivity contribution in [2.75, 3.05) is 44.2 Å². The summed E-state index contributed by atoms with van der Waals surface area (Å²) in [6, 6.07) is 13.2. The molecule has 2 heterocycles. The fourth-order valence-corrected chi connectivity index (χ4v) is 3.58. The lowest BCUT2D eigenvalue weighted by molar-refractivity contribution is -0.137. The molecule has 158 valence electrons. The van der Waals surface area contributed by atoms with Crippen molar-refractivity contribution in [3.8, 4) is 5.88 Å². The summed E-state index contributed by atoms with van der Waals surface area (Å²) in [5.74, 6) is 0.517. The van der Waals surface area contributed by atoms with E-state index in [4.69, 9.17) is 4.74 Å². The highest BCUT2D eigenvalue weighted by Crippen LogP contribution is 2.31. The summed E-state index contributed by atoms with van der Waals surface area (Å²) in [4.78, 5) is 13.1. The minimum atomic E-state index is -4.31. The molecule has 5 nitrogen and oxygen atoms in total. The maximum atomic E-state index is 12.9. The van der Waals surface area contributed by atoms with E-state index >= 15 is 0 Å². The molecule has 4 rings (SSSR count). The van der Waals surface area contributed by atoms with E-state index in [-0.39, 0.29) is 0 Å². The predicted molar refractivity (Wildman–Crippen MR) is 110 cm³/mol. The van der Waals surface area contributed by atoms with Crippen LogP contribution in [0.25, 0.3) is 11.0 Å². The molecule has 0 amide bonds. The normalized spacial score (nSPS) is 15.5. The van der Waals surface area contributed by atoms with E-state index < -0.39 is 11.7 Å². The third-order valence-corrected chi connectivity index (χ3v) is 5.21. The van der Waals surface area contributed by atoms with Crippen LogP contribution in [-0.4, -0.2) is 54.2 Å². The minimum absolute atomic E-state index is 0.517. The predicted octanol–water partition coefficient (Wildman–Crippen LogP) is 4.24. The SMILES string of the molecule is FC(F)(F)c1cccc(N2CCN(CCCOc3cnc4ccccc4n3)CC2)c1. The monoisotopic (exact) mass is 416 g/mol. The van der Waals surface area contributed by atoms with E-state index in [0.717, 1.165) is 43.2 Å². The van der Waals surface area contributed by atoms with Crippen LogP contribution >= 0.6 is 0 Å². The Labute approximate surface area is 173 Å². The van der Waals surface area contributed by atoms with Crippen LogP contribution in [0.15, 0.2) is 54.7 Å². The number of rotatable bonds is 6. The molecule has 0 N–H and O–H groups in total. The van der Waals surface area contributed by atoms with Gasteiger partial charge in [-0.25, -0.2) is 9.97 Å². The maximum Gasteiger partial charge on any atom is 0.416 e. The molecule has 8 heteroatoms. The van der Waals surface area contributed by atoms with E-state index in [9.17, 15) is 13.2 Å². The van der Waals surface area contributed by atoms with Gasteiger partial charge < -0.3 is 9.64 Å². The van der Waals surface area contributed by atoms with Crippen molar-refractivity contribution in [2.45, 2.75) is 12.6 Å². The average Bonchev–Trinajstić information content (AvgIpc) is 2.76. The molecule has 1 aliphatic rings. The van der Waals surface area contributed by atoms with Gasteiger partial charge in [0, 0.05) is 38.4 Å². The number of fused-ring (bicyclic) bond motifs is 1. The van der Waals surface area contributed by atoms with Crippen LogP contribution in [0.1, 0.15) is 12.0 Å². The van der Waals surface area contributed by atoms with Crippen LogP contribution in [0, 0.1) is 0 Å². The number of alkyl halides is 3. The van der Waals surface area contributed by atoms with Gasteiger partial charge in [0.25, 0.3) is 0 Å². The summed E-state index contributed by atoms with van der Waals surface area (Å²) in [5, 5.41) is 0. The fourth-order valence-electron chi connectivity index (χ4n) is 3.58. The highest BCUT2D eigenvalue weighted by Gasteiger charge is 2.31. The number of para-hydroxylation sites is 2. The Hall–Kier alpha value is -2.87. The van der Waals surface area contributed by atoms with Gasteiger partial charge >= 0.3 is 6.18 Å². The Morgan fingerprint density at radius 1 is 0.933 bits per heavy atom. The molecule has 0 radical (unpaired) electrons. The van der Waals surface area contributed by atoms with Gasteiger partial charge in [-0.3, -0.25) is 4.90 Å². The number of benzene rings is 2. The van der Waals surface area contributed by atoms with Crippen molar-refractivity contribution in [1.82, 2.24) is 14.9 Å². The standard InChI is InChI=1S/C22H23F3N4O/c23-22(24,25)17-5-3-6-18(15-17)29-12-10-28(11-13-29)9-4-14-30-21-16-26-19-7-1-2-8-20(19)27-21/h1-3,5-8,15-16H,4,9-14H2. The molecule has 3 aromatic rings. The van der Waals surface area contributed by atoms with Gasteiger partial charge in [0.1, 0.15) is 0 Å². The molecule has 1 fully saturated rings. The van der Waals surface area contributed by atoms with Crippen molar-refractivity contribution < 1.29 is 17.9 Å². The van der Waals surface area contributed by atoms with Crippen LogP contribution in [0.3, 0.4) is 0 Å². The largest absolute Gasteiger partial charge is 0.477 e. The zero-order chi connectivity index (χ0) is 21.0. The molecular formula is C22H23F3N4O. The zero-order valence-electron chi connectivity index (χ0n) is 16.5. The third kappa shape index (κ3) is 4.99. The molecule has 1 saturated heterocycles. The number of anilines is 1. The number of ether oxygens (including phenoxy) is 1. The van der Waals surface area contributed by atoms with E-state index in [2.05, 4.69) is 14.9 Å². The van der Waals surface area contributed by atoms with E-state index in [1.54, 1.807) is 12.3 Å². The molecule has 0 atom stereocenters. The zero-order valence-corrected chi connectivity index (χ0v) is 16.5.